The molecular weight excluding hydrogens is 2170 g/mol. The molecule has 48 heteroatoms. The van der Waals surface area contributed by atoms with Crippen LogP contribution in [-0.2, 0) is 92.2 Å². The van der Waals surface area contributed by atoms with Gasteiger partial charge in [0.1, 0.15) is 32.4 Å². The Morgan fingerprint density at radius 1 is 0.430 bits per heavy atom. The number of hydrogen-bond acceptors (Lipinski definition) is 29. The van der Waals surface area contributed by atoms with Gasteiger partial charge in [-0.05, 0) is 222 Å². The highest BCUT2D eigenvalue weighted by Gasteiger charge is 2.64. The molecule has 19 rings (SSSR count). The number of aliphatic hydroxyl groups is 2. The standard InChI is InChI=1S/C22H21N5O5.C22H19N5O5.C15H17IN4O3.C13H16BNO4.C12H24B2O4.C7H4BrNO2.C6H6BrNO.C4H8O/c2*1-27-11-14(17(26-27)13-8-5-9-16-18(13)25-22(31)32-16)21(30)24-15(19(28)20(23)29)10-12-6-3-2-4-7-12;1-20-8-10(13(16)19-20)15(23)18-11(12(21)14(17)22)7-9-5-3-2-4-6-9;1-12(2)13(3,4)19-14(18-12)8-6-5-7-9-10(8)15-11(16)17-9;1-9(2)10(3,4)16-13(15-9)14-17-11(5,6)12(7,8)18-14;8-4-2-1-3-5-6(4)9-7(10)11-5;7-4-2-1-3-5(9)6(4)8;1-2-4-5-3-1/h2-9,11,15,19,28H,10H2,1H3,(H2,23,29)(H,24,30)(H,25,31);2-9,11,15H,10H2,1H3,(H2,23,29)(H,24,30)(H,25,31);2-6,8,11-12,21H,7H2,1H3,(H2,17,22)(H,18,23);5-7H,1-4H3,(H,15,16);1-8H3;1-3H,(H,9,10);1-3,9H,8H2;1-4H2. The lowest BCUT2D eigenvalue weighted by atomic mass is 9.49. The molecule has 18 N–H and O–H groups in total. The van der Waals surface area contributed by atoms with Crippen LogP contribution in [0.5, 0.6) is 5.75 Å². The van der Waals surface area contributed by atoms with Gasteiger partial charge >= 0.3 is 44.2 Å². The number of ketones is 1. The topological polar surface area (TPSA) is 622 Å². The molecule has 0 bridgehead atoms. The number of aliphatic hydroxyl groups excluding tert-OH is 2. The fourth-order valence-corrected chi connectivity index (χ4v) is 16.9. The quantitative estimate of drug-likeness (QED) is 0.00986. The lowest BCUT2D eigenvalue weighted by molar-refractivity contribution is -0.137. The van der Waals surface area contributed by atoms with E-state index in [-0.39, 0.29) is 64.2 Å². The third kappa shape index (κ3) is 28.6. The molecule has 0 spiro atoms. The third-order valence-corrected chi connectivity index (χ3v) is 27.5. The molecule has 4 fully saturated rings. The van der Waals surface area contributed by atoms with Crippen LogP contribution < -0.4 is 67.4 Å². The Balaban J connectivity index is 0.000000158. The number of oxazole rings is 4. The first kappa shape index (κ1) is 114. The number of aryl methyl sites for hydroxylation is 3. The number of anilines is 1. The molecule has 15 aromatic rings. The van der Waals surface area contributed by atoms with Crippen LogP contribution in [-0.4, -0.2) is 204 Å². The molecule has 4 aliphatic rings. The molecule has 7 aromatic heterocycles. The number of nitrogens with one attached hydrogen (secondary N) is 7. The maximum Gasteiger partial charge on any atom is 0.497 e. The number of aromatic nitrogens is 10. The van der Waals surface area contributed by atoms with Crippen LogP contribution in [0.15, 0.2) is 246 Å². The summed E-state index contributed by atoms with van der Waals surface area (Å²) in [7, 11) is 3.53. The number of rotatable bonds is 22. The normalized spacial score (nSPS) is 16.1. The third-order valence-electron chi connectivity index (χ3n) is 25.3. The number of H-pyrrole nitrogens is 4. The van der Waals surface area contributed by atoms with E-state index in [1.807, 2.05) is 197 Å². The van der Waals surface area contributed by atoms with E-state index < -0.39 is 127 Å². The molecule has 4 aliphatic heterocycles. The smallest absolute Gasteiger partial charge is 0.497 e. The first-order chi connectivity index (χ1) is 70.2. The molecule has 6 amide bonds. The Hall–Kier alpha value is -13.9. The predicted octanol–water partition coefficient (Wildman–Crippen LogP) is 9.92. The van der Waals surface area contributed by atoms with Crippen LogP contribution in [0.25, 0.3) is 66.9 Å². The van der Waals surface area contributed by atoms with E-state index in [4.69, 9.17) is 78.4 Å². The Labute approximate surface area is 884 Å². The lowest BCUT2D eigenvalue weighted by Crippen LogP contribution is -2.50. The van der Waals surface area contributed by atoms with E-state index in [0.717, 1.165) is 44.3 Å². The molecule has 784 valence electrons. The van der Waals surface area contributed by atoms with Crippen molar-refractivity contribution in [2.75, 3.05) is 18.9 Å². The minimum atomic E-state index is -1.59. The average Bonchev–Trinajstić information content (AvgIpc) is 1.59. The second kappa shape index (κ2) is 48.6. The number of ether oxygens (including phenoxy) is 1. The van der Waals surface area contributed by atoms with Crippen molar-refractivity contribution >= 4 is 172 Å². The number of carbonyl (C=O) groups excluding carboxylic acids is 7. The summed E-state index contributed by atoms with van der Waals surface area (Å²) >= 11 is 8.39. The predicted molar refractivity (Wildman–Crippen MR) is 572 cm³/mol. The summed E-state index contributed by atoms with van der Waals surface area (Å²) in [4.78, 5) is 141. The van der Waals surface area contributed by atoms with Crippen molar-refractivity contribution in [2.45, 2.75) is 179 Å². The van der Waals surface area contributed by atoms with Gasteiger partial charge in [-0.1, -0.05) is 140 Å². The van der Waals surface area contributed by atoms with Crippen LogP contribution in [0.1, 0.15) is 144 Å². The maximum absolute atomic E-state index is 13.2. The highest BCUT2D eigenvalue weighted by Crippen LogP contribution is 2.44. The average molecular weight is 2290 g/mol. The molecular formula is C101H115B3Br2IN17O25. The molecule has 8 aromatic carbocycles. The van der Waals surface area contributed by atoms with Crippen LogP contribution in [0, 0.1) is 3.70 Å². The van der Waals surface area contributed by atoms with Gasteiger partial charge in [0.2, 0.25) is 17.6 Å². The molecule has 11 heterocycles. The SMILES string of the molecule is C1CCOC1.CC1(C)OB(B2OC(C)(C)C(C)(C)O2)OC1(C)C.CC1(C)OB(c2cccc3oc(=O)[nH]c23)OC1(C)C.Cn1cc(C(=O)NC(Cc2ccccc2)C(=O)C(N)=O)c(-c2cccc3oc(=O)[nH]c23)n1.Cn1cc(C(=O)NC(Cc2ccccc2)C(O)C(N)=O)c(-c2cccc3oc(=O)[nH]c23)n1.Cn1cc(C(=O)NC(Cc2ccccc2)C(O)C(N)=O)c(I)n1.Nc1c(O)cccc1Br.O=c1[nH]c2c(Br)cccc2o1. The second-order valence-electron chi connectivity index (χ2n) is 37.9. The van der Waals surface area contributed by atoms with Gasteiger partial charge in [0.25, 0.3) is 23.6 Å². The first-order valence-corrected chi connectivity index (χ1v) is 49.5. The van der Waals surface area contributed by atoms with E-state index in [0.29, 0.717) is 76.2 Å². The van der Waals surface area contributed by atoms with E-state index in [1.54, 1.807) is 118 Å². The summed E-state index contributed by atoms with van der Waals surface area (Å²) in [5.41, 5.74) is 28.5. The van der Waals surface area contributed by atoms with Crippen LogP contribution in [0.2, 0.25) is 0 Å². The Morgan fingerprint density at radius 2 is 0.765 bits per heavy atom. The van der Waals surface area contributed by atoms with Crippen molar-refractivity contribution in [1.29, 1.82) is 0 Å². The van der Waals surface area contributed by atoms with Crippen molar-refractivity contribution in [1.82, 2.24) is 65.2 Å². The summed E-state index contributed by atoms with van der Waals surface area (Å²) in [6, 6.07) is 50.2. The van der Waals surface area contributed by atoms with Crippen LogP contribution in [0.3, 0.4) is 0 Å². The second-order valence-corrected chi connectivity index (χ2v) is 40.6. The number of aromatic hydroxyl groups is 1. The van der Waals surface area contributed by atoms with Crippen molar-refractivity contribution in [3.63, 3.8) is 0 Å². The number of aromatic amines is 4. The summed E-state index contributed by atoms with van der Waals surface area (Å²) in [6.07, 6.45) is 4.63. The van der Waals surface area contributed by atoms with Gasteiger partial charge in [0, 0.05) is 84.9 Å². The van der Waals surface area contributed by atoms with E-state index in [2.05, 4.69) is 83.0 Å². The van der Waals surface area contributed by atoms with Gasteiger partial charge in [-0.15, -0.1) is 0 Å². The Morgan fingerprint density at radius 3 is 1.13 bits per heavy atom. The van der Waals surface area contributed by atoms with Crippen LogP contribution in [0.4, 0.5) is 5.69 Å². The summed E-state index contributed by atoms with van der Waals surface area (Å²) < 4.78 is 67.3. The monoisotopic (exact) mass is 2280 g/mol. The van der Waals surface area contributed by atoms with Gasteiger partial charge < -0.3 is 105 Å². The number of hydrogen-bond donors (Lipinski definition) is 14. The molecule has 0 aliphatic carbocycles. The Kier molecular flexibility index (Phi) is 37.1. The maximum atomic E-state index is 13.2. The highest BCUT2D eigenvalue weighted by atomic mass is 127. The van der Waals surface area contributed by atoms with E-state index >= 15 is 0 Å². The summed E-state index contributed by atoms with van der Waals surface area (Å²) in [6.45, 7) is 26.2. The number of primary amides is 3. The highest BCUT2D eigenvalue weighted by molar-refractivity contribution is 14.1. The minimum Gasteiger partial charge on any atom is -0.506 e. The zero-order valence-corrected chi connectivity index (χ0v) is 89.4. The Bertz CT molecular complexity index is 7430. The van der Waals surface area contributed by atoms with Gasteiger partial charge in [-0.3, -0.25) is 67.5 Å². The molecule has 5 atom stereocenters. The van der Waals surface area contributed by atoms with Gasteiger partial charge in [0.05, 0.1) is 84.6 Å². The molecule has 42 nitrogen and oxygen atoms in total. The minimum absolute atomic E-state index is 0.0918. The molecule has 0 saturated carbocycles. The van der Waals surface area contributed by atoms with Gasteiger partial charge in [-0.2, -0.15) is 15.3 Å². The number of halogens is 3. The number of nitrogens with zero attached hydrogens (tertiary/aromatic N) is 6. The lowest BCUT2D eigenvalue weighted by Gasteiger charge is -2.32. The number of amides is 6. The van der Waals surface area contributed by atoms with Gasteiger partial charge in [0.15, 0.2) is 34.5 Å². The first-order valence-electron chi connectivity index (χ1n) is 46.8. The fourth-order valence-electron chi connectivity index (χ4n) is 15.4. The van der Waals surface area contributed by atoms with Crippen molar-refractivity contribution < 1.29 is 99.2 Å². The number of para-hydroxylation sites is 5. The number of carbonyl (C=O) groups is 7. The zero-order valence-electron chi connectivity index (χ0n) is 84.1. The number of phenolic OH excluding ortho intramolecular Hbond substituents is 1. The molecule has 5 unspecified atom stereocenters. The van der Waals surface area contributed by atoms with Gasteiger partial charge in [-0.25, -0.2) is 19.2 Å². The van der Waals surface area contributed by atoms with E-state index in [9.17, 15) is 63.0 Å². The number of fused-ring (bicyclic) bond motifs is 4. The van der Waals surface area contributed by atoms with Crippen molar-refractivity contribution in [2.24, 2.45) is 38.3 Å². The number of phenols is 1. The van der Waals surface area contributed by atoms with E-state index in [1.165, 1.54) is 39.3 Å². The summed E-state index contributed by atoms with van der Waals surface area (Å²) in [5.74, 6) is -7.51. The largest absolute Gasteiger partial charge is 0.506 e. The number of benzene rings is 8. The summed E-state index contributed by atoms with van der Waals surface area (Å²) in [5, 5.41) is 50.1. The number of nitrogen functional groups attached to an aromatic ring is 1. The number of nitrogens with two attached hydrogens (primary N) is 4. The molecule has 0 radical (unpaired) electrons. The fraction of sp³-hybridized carbons (Fsp3) is 0.327. The zero-order chi connectivity index (χ0) is 109. The van der Waals surface area contributed by atoms with Crippen molar-refractivity contribution in [3.8, 4) is 28.3 Å². The van der Waals surface area contributed by atoms with Crippen molar-refractivity contribution in [3.05, 3.63) is 289 Å². The molecule has 4 saturated heterocycles. The van der Waals surface area contributed by atoms with Crippen LogP contribution >= 0.6 is 54.5 Å². The number of Topliss-reactive ketones (excluding diaryl/α,β-unsaturated/α-hetero) is 1. The molecule has 149 heavy (non-hydrogen) atoms.